The fourth-order valence-corrected chi connectivity index (χ4v) is 2.44. The van der Waals surface area contributed by atoms with Crippen LogP contribution in [0.3, 0.4) is 0 Å². The lowest BCUT2D eigenvalue weighted by Crippen LogP contribution is -2.26. The van der Waals surface area contributed by atoms with Crippen molar-refractivity contribution in [1.29, 1.82) is 0 Å². The number of anilines is 2. The highest BCUT2D eigenvalue weighted by atomic mass is 16.4. The van der Waals surface area contributed by atoms with Crippen molar-refractivity contribution in [3.8, 4) is 11.3 Å². The van der Waals surface area contributed by atoms with Gasteiger partial charge in [-0.05, 0) is 19.4 Å². The zero-order valence-electron chi connectivity index (χ0n) is 11.6. The van der Waals surface area contributed by atoms with Gasteiger partial charge in [-0.25, -0.2) is 9.97 Å². The molecule has 1 aliphatic rings. The first kappa shape index (κ1) is 13.4. The second-order valence-electron chi connectivity index (χ2n) is 4.98. The van der Waals surface area contributed by atoms with E-state index >= 15 is 0 Å². The Morgan fingerprint density at radius 3 is 3.00 bits per heavy atom. The Hall–Kier alpha value is -2.63. The molecule has 3 N–H and O–H groups in total. The molecule has 0 radical (unpaired) electrons. The highest BCUT2D eigenvalue weighted by Crippen LogP contribution is 2.34. The number of aliphatic carboxylic acids is 1. The molecule has 21 heavy (non-hydrogen) atoms. The Balaban J connectivity index is 2.07. The first-order valence-corrected chi connectivity index (χ1v) is 6.83. The molecule has 1 unspecified atom stereocenters. The summed E-state index contributed by atoms with van der Waals surface area (Å²) in [4.78, 5) is 19.6. The number of fused-ring (bicyclic) bond motifs is 3. The molecule has 1 aromatic carbocycles. The molecule has 1 aromatic heterocycles. The maximum atomic E-state index is 11.0. The van der Waals surface area contributed by atoms with Crippen LogP contribution in [0.1, 0.15) is 12.5 Å². The van der Waals surface area contributed by atoms with Crippen molar-refractivity contribution in [3.63, 3.8) is 0 Å². The van der Waals surface area contributed by atoms with Gasteiger partial charge in [0, 0.05) is 23.4 Å². The van der Waals surface area contributed by atoms with Crippen LogP contribution in [0.15, 0.2) is 30.6 Å². The molecule has 1 atom stereocenters. The van der Waals surface area contributed by atoms with Crippen LogP contribution >= 0.6 is 0 Å². The normalized spacial score (nSPS) is 14.1. The standard InChI is InChI=1S/C15H16N4O2/c1-9(15(20)21)19-14-11-6-7-16-12-5-3-2-4-10(12)13(11)17-8-18-14/h2-5,8-9,16H,6-7H2,1H3,(H,20,21)(H,17,18,19). The fraction of sp³-hybridized carbons (Fsp3) is 0.267. The molecule has 0 bridgehead atoms. The number of aromatic nitrogens is 2. The highest BCUT2D eigenvalue weighted by molar-refractivity contribution is 5.82. The lowest BCUT2D eigenvalue weighted by Gasteiger charge is -2.15. The number of carbonyl (C=O) groups is 1. The lowest BCUT2D eigenvalue weighted by atomic mass is 10.0. The van der Waals surface area contributed by atoms with Gasteiger partial charge in [0.05, 0.1) is 5.69 Å². The van der Waals surface area contributed by atoms with E-state index in [9.17, 15) is 4.79 Å². The molecule has 108 valence electrons. The van der Waals surface area contributed by atoms with Gasteiger partial charge < -0.3 is 15.7 Å². The first-order chi connectivity index (χ1) is 10.2. The van der Waals surface area contributed by atoms with Crippen LogP contribution in [0.5, 0.6) is 0 Å². The summed E-state index contributed by atoms with van der Waals surface area (Å²) in [5.41, 5.74) is 3.85. The average Bonchev–Trinajstić information content (AvgIpc) is 2.67. The third-order valence-corrected chi connectivity index (χ3v) is 3.54. The summed E-state index contributed by atoms with van der Waals surface area (Å²) in [7, 11) is 0. The molecule has 6 heteroatoms. The molecule has 2 heterocycles. The maximum absolute atomic E-state index is 11.0. The molecule has 0 saturated heterocycles. The second-order valence-corrected chi connectivity index (χ2v) is 4.98. The molecule has 3 rings (SSSR count). The molecular formula is C15H16N4O2. The van der Waals surface area contributed by atoms with Crippen molar-refractivity contribution in [2.75, 3.05) is 17.2 Å². The van der Waals surface area contributed by atoms with Gasteiger partial charge in [-0.3, -0.25) is 4.79 Å². The lowest BCUT2D eigenvalue weighted by molar-refractivity contribution is -0.137. The number of carboxylic acids is 1. The predicted octanol–water partition coefficient (Wildman–Crippen LogP) is 2.00. The second kappa shape index (κ2) is 5.40. The van der Waals surface area contributed by atoms with E-state index in [1.807, 2.05) is 24.3 Å². The number of nitrogens with zero attached hydrogens (tertiary/aromatic N) is 2. The Kier molecular flexibility index (Phi) is 3.43. The largest absolute Gasteiger partial charge is 0.480 e. The van der Waals surface area contributed by atoms with Crippen molar-refractivity contribution in [3.05, 3.63) is 36.2 Å². The van der Waals surface area contributed by atoms with E-state index in [1.165, 1.54) is 6.33 Å². The zero-order chi connectivity index (χ0) is 14.8. The highest BCUT2D eigenvalue weighted by Gasteiger charge is 2.20. The van der Waals surface area contributed by atoms with Gasteiger partial charge in [0.1, 0.15) is 18.2 Å². The van der Waals surface area contributed by atoms with Gasteiger partial charge in [-0.1, -0.05) is 18.2 Å². The van der Waals surface area contributed by atoms with Crippen LogP contribution in [-0.2, 0) is 11.2 Å². The number of benzene rings is 1. The van der Waals surface area contributed by atoms with Crippen molar-refractivity contribution in [1.82, 2.24) is 9.97 Å². The topological polar surface area (TPSA) is 87.1 Å². The predicted molar refractivity (Wildman–Crippen MR) is 80.4 cm³/mol. The summed E-state index contributed by atoms with van der Waals surface area (Å²) in [6, 6.07) is 7.26. The van der Waals surface area contributed by atoms with Gasteiger partial charge in [0.15, 0.2) is 0 Å². The number of carboxylic acid groups (broad SMARTS) is 1. The smallest absolute Gasteiger partial charge is 0.325 e. The van der Waals surface area contributed by atoms with Crippen LogP contribution in [0.25, 0.3) is 11.3 Å². The monoisotopic (exact) mass is 284 g/mol. The van der Waals surface area contributed by atoms with Gasteiger partial charge in [-0.2, -0.15) is 0 Å². The van der Waals surface area contributed by atoms with E-state index in [-0.39, 0.29) is 0 Å². The van der Waals surface area contributed by atoms with E-state index in [4.69, 9.17) is 5.11 Å². The molecule has 1 aliphatic heterocycles. The Bertz CT molecular complexity index is 687. The fourth-order valence-electron chi connectivity index (χ4n) is 2.44. The quantitative estimate of drug-likeness (QED) is 0.799. The molecule has 0 spiro atoms. The summed E-state index contributed by atoms with van der Waals surface area (Å²) < 4.78 is 0. The number of nitrogens with one attached hydrogen (secondary N) is 2. The van der Waals surface area contributed by atoms with E-state index in [0.717, 1.165) is 35.5 Å². The molecule has 6 nitrogen and oxygen atoms in total. The summed E-state index contributed by atoms with van der Waals surface area (Å²) >= 11 is 0. The number of hydrogen-bond acceptors (Lipinski definition) is 5. The summed E-state index contributed by atoms with van der Waals surface area (Å²) in [5.74, 6) is -0.317. The minimum Gasteiger partial charge on any atom is -0.480 e. The van der Waals surface area contributed by atoms with Gasteiger partial charge >= 0.3 is 5.97 Å². The SMILES string of the molecule is CC(Nc1ncnc2c1CCNc1ccccc1-2)C(=O)O. The van der Waals surface area contributed by atoms with Crippen LogP contribution in [-0.4, -0.2) is 33.6 Å². The Morgan fingerprint density at radius 1 is 1.38 bits per heavy atom. The van der Waals surface area contributed by atoms with Gasteiger partial charge in [0.2, 0.25) is 0 Å². The number of hydrogen-bond donors (Lipinski definition) is 3. The number of para-hydroxylation sites is 1. The van der Waals surface area contributed by atoms with Crippen LogP contribution < -0.4 is 10.6 Å². The van der Waals surface area contributed by atoms with Gasteiger partial charge in [0.25, 0.3) is 0 Å². The van der Waals surface area contributed by atoms with Crippen LogP contribution in [0.2, 0.25) is 0 Å². The summed E-state index contributed by atoms with van der Waals surface area (Å²) in [6.45, 7) is 2.35. The van der Waals surface area contributed by atoms with Crippen molar-refractivity contribution in [2.45, 2.75) is 19.4 Å². The van der Waals surface area contributed by atoms with Crippen molar-refractivity contribution < 1.29 is 9.90 Å². The zero-order valence-corrected chi connectivity index (χ0v) is 11.6. The molecule has 0 aliphatic carbocycles. The van der Waals surface area contributed by atoms with Crippen LogP contribution in [0.4, 0.5) is 11.5 Å². The van der Waals surface area contributed by atoms with E-state index < -0.39 is 12.0 Å². The molecule has 2 aromatic rings. The molecular weight excluding hydrogens is 268 g/mol. The van der Waals surface area contributed by atoms with Crippen molar-refractivity contribution in [2.24, 2.45) is 0 Å². The average molecular weight is 284 g/mol. The first-order valence-electron chi connectivity index (χ1n) is 6.83. The Morgan fingerprint density at radius 2 is 2.19 bits per heavy atom. The number of rotatable bonds is 3. The third kappa shape index (κ3) is 2.52. The maximum Gasteiger partial charge on any atom is 0.325 e. The third-order valence-electron chi connectivity index (χ3n) is 3.54. The minimum atomic E-state index is -0.908. The van der Waals surface area contributed by atoms with E-state index in [1.54, 1.807) is 6.92 Å². The Labute approximate surface area is 122 Å². The molecule has 0 saturated carbocycles. The summed E-state index contributed by atoms with van der Waals surface area (Å²) in [6.07, 6.45) is 2.21. The van der Waals surface area contributed by atoms with E-state index in [0.29, 0.717) is 5.82 Å². The van der Waals surface area contributed by atoms with Crippen LogP contribution in [0, 0.1) is 0 Å². The van der Waals surface area contributed by atoms with Crippen molar-refractivity contribution >= 4 is 17.5 Å². The van der Waals surface area contributed by atoms with E-state index in [2.05, 4.69) is 20.6 Å². The van der Waals surface area contributed by atoms with Gasteiger partial charge in [-0.15, -0.1) is 0 Å². The minimum absolute atomic E-state index is 0.591. The molecule has 0 fully saturated rings. The molecule has 0 amide bonds. The summed E-state index contributed by atoms with van der Waals surface area (Å²) in [5, 5.41) is 15.4.